The van der Waals surface area contributed by atoms with Gasteiger partial charge in [0.15, 0.2) is 0 Å². The zero-order valence-electron chi connectivity index (χ0n) is 7.43. The van der Waals surface area contributed by atoms with Crippen molar-refractivity contribution in [2.24, 2.45) is 4.99 Å². The van der Waals surface area contributed by atoms with E-state index in [4.69, 9.17) is 4.74 Å². The molecule has 0 fully saturated rings. The van der Waals surface area contributed by atoms with Crippen molar-refractivity contribution in [3.63, 3.8) is 0 Å². The van der Waals surface area contributed by atoms with Gasteiger partial charge in [-0.05, 0) is 6.07 Å². The first kappa shape index (κ1) is 9.14. The third-order valence-electron chi connectivity index (χ3n) is 1.63. The number of carbonyl (C=O) groups is 1. The molecule has 14 heavy (non-hydrogen) atoms. The highest BCUT2D eigenvalue weighted by molar-refractivity contribution is 8.15. The molecule has 1 aromatic rings. The van der Waals surface area contributed by atoms with E-state index in [2.05, 4.69) is 15.2 Å². The van der Waals surface area contributed by atoms with Gasteiger partial charge in [0.2, 0.25) is 5.88 Å². The quantitative estimate of drug-likeness (QED) is 0.709. The fourth-order valence-electron chi connectivity index (χ4n) is 0.982. The van der Waals surface area contributed by atoms with E-state index in [1.54, 1.807) is 12.1 Å². The van der Waals surface area contributed by atoms with Crippen LogP contribution in [0.4, 0.5) is 0 Å². The van der Waals surface area contributed by atoms with E-state index in [9.17, 15) is 4.79 Å². The number of amides is 1. The van der Waals surface area contributed by atoms with Crippen LogP contribution in [0.5, 0.6) is 5.88 Å². The van der Waals surface area contributed by atoms with Gasteiger partial charge >= 0.3 is 0 Å². The second-order valence-electron chi connectivity index (χ2n) is 2.56. The third kappa shape index (κ3) is 1.74. The highest BCUT2D eigenvalue weighted by Crippen LogP contribution is 2.18. The van der Waals surface area contributed by atoms with Gasteiger partial charge < -0.3 is 4.74 Å². The van der Waals surface area contributed by atoms with E-state index in [1.807, 2.05) is 0 Å². The lowest BCUT2D eigenvalue weighted by molar-refractivity contribution is -0.115. The molecular weight excluding hydrogens is 202 g/mol. The number of rotatable bonds is 2. The predicted octanol–water partition coefficient (Wildman–Crippen LogP) is 0.505. The summed E-state index contributed by atoms with van der Waals surface area (Å²) < 4.78 is 4.87. The van der Waals surface area contributed by atoms with Crippen molar-refractivity contribution >= 4 is 22.7 Å². The highest BCUT2D eigenvalue weighted by atomic mass is 32.2. The molecule has 1 aliphatic heterocycles. The first-order valence-corrected chi connectivity index (χ1v) is 4.90. The molecule has 0 unspecified atom stereocenters. The maximum absolute atomic E-state index is 10.9. The molecule has 1 aromatic heterocycles. The largest absolute Gasteiger partial charge is 0.480 e. The maximum atomic E-state index is 10.9. The van der Waals surface area contributed by atoms with Crippen molar-refractivity contribution in [2.45, 2.75) is 0 Å². The maximum Gasteiger partial charge on any atom is 0.257 e. The summed E-state index contributed by atoms with van der Waals surface area (Å²) in [4.78, 5) is 14.7. The van der Waals surface area contributed by atoms with Gasteiger partial charge in [0.25, 0.3) is 5.91 Å². The van der Waals surface area contributed by atoms with Gasteiger partial charge in [-0.25, -0.2) is 4.99 Å². The first-order chi connectivity index (χ1) is 6.79. The van der Waals surface area contributed by atoms with Crippen LogP contribution in [0, 0.1) is 0 Å². The molecule has 2 rings (SSSR count). The summed E-state index contributed by atoms with van der Waals surface area (Å²) in [6.45, 7) is 0. The number of thioether (sulfide) groups is 1. The van der Waals surface area contributed by atoms with Crippen LogP contribution in [-0.4, -0.2) is 34.0 Å². The van der Waals surface area contributed by atoms with Crippen LogP contribution >= 0.6 is 11.8 Å². The minimum absolute atomic E-state index is 0.123. The van der Waals surface area contributed by atoms with E-state index < -0.39 is 0 Å². The SMILES string of the molecule is COc1ccc(C2=NC(=O)CS2)nn1. The van der Waals surface area contributed by atoms with Crippen molar-refractivity contribution in [1.29, 1.82) is 0 Å². The molecule has 0 saturated carbocycles. The molecule has 1 aliphatic rings. The van der Waals surface area contributed by atoms with Crippen molar-refractivity contribution in [2.75, 3.05) is 12.9 Å². The summed E-state index contributed by atoms with van der Waals surface area (Å²) in [7, 11) is 1.52. The van der Waals surface area contributed by atoms with Crippen molar-refractivity contribution in [3.05, 3.63) is 17.8 Å². The number of hydrogen-bond acceptors (Lipinski definition) is 5. The van der Waals surface area contributed by atoms with Crippen LogP contribution in [0.1, 0.15) is 5.69 Å². The standard InChI is InChI=1S/C8H7N3O2S/c1-13-7-3-2-5(10-11-7)8-9-6(12)4-14-8/h2-3H,4H2,1H3. The zero-order chi connectivity index (χ0) is 9.97. The smallest absolute Gasteiger partial charge is 0.257 e. The second kappa shape index (κ2) is 3.75. The highest BCUT2D eigenvalue weighted by Gasteiger charge is 2.17. The summed E-state index contributed by atoms with van der Waals surface area (Å²) in [5.74, 6) is 0.717. The van der Waals surface area contributed by atoms with Gasteiger partial charge in [-0.15, -0.1) is 10.2 Å². The molecule has 0 N–H and O–H groups in total. The number of aliphatic imine (C=N–C) groups is 1. The lowest BCUT2D eigenvalue weighted by Gasteiger charge is -1.98. The summed E-state index contributed by atoms with van der Waals surface area (Å²) in [6, 6.07) is 3.42. The van der Waals surface area contributed by atoms with Gasteiger partial charge in [-0.1, -0.05) is 11.8 Å². The minimum Gasteiger partial charge on any atom is -0.480 e. The van der Waals surface area contributed by atoms with Gasteiger partial charge in [-0.2, -0.15) is 0 Å². The Morgan fingerprint density at radius 2 is 2.29 bits per heavy atom. The fourth-order valence-corrected chi connectivity index (χ4v) is 1.73. The van der Waals surface area contributed by atoms with E-state index in [0.717, 1.165) is 0 Å². The monoisotopic (exact) mass is 209 g/mol. The molecule has 0 aliphatic carbocycles. The van der Waals surface area contributed by atoms with Crippen LogP contribution in [0.15, 0.2) is 17.1 Å². The molecule has 72 valence electrons. The number of aromatic nitrogens is 2. The summed E-state index contributed by atoms with van der Waals surface area (Å²) in [6.07, 6.45) is 0. The lowest BCUT2D eigenvalue weighted by Crippen LogP contribution is -1.99. The normalized spacial score (nSPS) is 15.5. The average Bonchev–Trinajstić information content (AvgIpc) is 2.65. The average molecular weight is 209 g/mol. The Balaban J connectivity index is 2.25. The number of nitrogens with zero attached hydrogens (tertiary/aromatic N) is 3. The second-order valence-corrected chi connectivity index (χ2v) is 3.52. The number of hydrogen-bond donors (Lipinski definition) is 0. The number of carbonyl (C=O) groups excluding carboxylic acids is 1. The van der Waals surface area contributed by atoms with Gasteiger partial charge in [0, 0.05) is 6.07 Å². The summed E-state index contributed by atoms with van der Waals surface area (Å²) in [5, 5.41) is 8.31. The van der Waals surface area contributed by atoms with Crippen LogP contribution < -0.4 is 4.74 Å². The van der Waals surface area contributed by atoms with Crippen LogP contribution in [-0.2, 0) is 4.79 Å². The van der Waals surface area contributed by atoms with Crippen molar-refractivity contribution < 1.29 is 9.53 Å². The fraction of sp³-hybridized carbons (Fsp3) is 0.250. The number of ether oxygens (including phenoxy) is 1. The van der Waals surface area contributed by atoms with E-state index in [1.165, 1.54) is 18.9 Å². The Hall–Kier alpha value is -1.43. The molecule has 5 nitrogen and oxygen atoms in total. The molecule has 1 amide bonds. The zero-order valence-corrected chi connectivity index (χ0v) is 8.24. The van der Waals surface area contributed by atoms with Crippen LogP contribution in [0.25, 0.3) is 0 Å². The van der Waals surface area contributed by atoms with Crippen molar-refractivity contribution in [1.82, 2.24) is 10.2 Å². The molecule has 0 atom stereocenters. The molecule has 0 aromatic carbocycles. The molecule has 0 saturated heterocycles. The van der Waals surface area contributed by atoms with Gasteiger partial charge in [-0.3, -0.25) is 4.79 Å². The molecule has 0 radical (unpaired) electrons. The Labute approximate surface area is 84.6 Å². The summed E-state index contributed by atoms with van der Waals surface area (Å²) in [5.41, 5.74) is 0.613. The van der Waals surface area contributed by atoms with Gasteiger partial charge in [0.1, 0.15) is 10.7 Å². The van der Waals surface area contributed by atoms with E-state index in [0.29, 0.717) is 22.4 Å². The molecular formula is C8H7N3O2S. The predicted molar refractivity (Wildman–Crippen MR) is 52.6 cm³/mol. The first-order valence-electron chi connectivity index (χ1n) is 3.92. The van der Waals surface area contributed by atoms with E-state index >= 15 is 0 Å². The Morgan fingerprint density at radius 3 is 2.79 bits per heavy atom. The van der Waals surface area contributed by atoms with E-state index in [-0.39, 0.29) is 5.91 Å². The Morgan fingerprint density at radius 1 is 1.43 bits per heavy atom. The van der Waals surface area contributed by atoms with Gasteiger partial charge in [0.05, 0.1) is 12.9 Å². The Bertz CT molecular complexity index is 388. The molecule has 0 spiro atoms. The molecule has 0 bridgehead atoms. The summed E-state index contributed by atoms with van der Waals surface area (Å²) >= 11 is 1.37. The van der Waals surface area contributed by atoms with Crippen molar-refractivity contribution in [3.8, 4) is 5.88 Å². The minimum atomic E-state index is -0.123. The topological polar surface area (TPSA) is 64.4 Å². The number of methoxy groups -OCH3 is 1. The third-order valence-corrected chi connectivity index (χ3v) is 2.59. The van der Waals surface area contributed by atoms with Crippen LogP contribution in [0.3, 0.4) is 0 Å². The van der Waals surface area contributed by atoms with Crippen LogP contribution in [0.2, 0.25) is 0 Å². The molecule has 2 heterocycles. The lowest BCUT2D eigenvalue weighted by atomic mass is 10.4. The Kier molecular flexibility index (Phi) is 2.45. The molecule has 6 heteroatoms.